The Kier molecular flexibility index (Phi) is 2.92. The van der Waals surface area contributed by atoms with E-state index in [0.717, 1.165) is 19.3 Å². The molecule has 0 radical (unpaired) electrons. The molecule has 0 aromatic carbocycles. The van der Waals surface area contributed by atoms with Crippen molar-refractivity contribution in [2.45, 2.75) is 44.7 Å². The van der Waals surface area contributed by atoms with E-state index in [0.29, 0.717) is 18.0 Å². The van der Waals surface area contributed by atoms with Gasteiger partial charge in [0.25, 0.3) is 0 Å². The van der Waals surface area contributed by atoms with Crippen LogP contribution < -0.4 is 5.73 Å². The number of fused-ring (bicyclic) bond motifs is 2. The van der Waals surface area contributed by atoms with Crippen molar-refractivity contribution in [2.75, 3.05) is 13.1 Å². The van der Waals surface area contributed by atoms with Gasteiger partial charge in [-0.25, -0.2) is 0 Å². The Morgan fingerprint density at radius 2 is 2.41 bits per heavy atom. The second-order valence-electron chi connectivity index (χ2n) is 5.50. The van der Waals surface area contributed by atoms with Gasteiger partial charge in [0, 0.05) is 17.8 Å². The van der Waals surface area contributed by atoms with Gasteiger partial charge in [-0.05, 0) is 50.3 Å². The number of rotatable bonds is 2. The monoisotopic (exact) mass is 234 g/mol. The summed E-state index contributed by atoms with van der Waals surface area (Å²) in [5.41, 5.74) is 9.04. The topological polar surface area (TPSA) is 57.9 Å². The molecule has 3 N–H and O–H groups in total. The molecular formula is C13H22N4. The van der Waals surface area contributed by atoms with Crippen molar-refractivity contribution in [1.29, 1.82) is 0 Å². The number of H-pyrrole nitrogens is 1. The molecule has 0 amide bonds. The van der Waals surface area contributed by atoms with Crippen LogP contribution in [0.3, 0.4) is 0 Å². The van der Waals surface area contributed by atoms with E-state index < -0.39 is 0 Å². The largest absolute Gasteiger partial charge is 0.327 e. The summed E-state index contributed by atoms with van der Waals surface area (Å²) in [6.45, 7) is 4.64. The number of aromatic amines is 1. The van der Waals surface area contributed by atoms with Gasteiger partial charge in [0.2, 0.25) is 0 Å². The highest BCUT2D eigenvalue weighted by Gasteiger charge is 2.39. The van der Waals surface area contributed by atoms with Crippen LogP contribution in [0.25, 0.3) is 0 Å². The van der Waals surface area contributed by atoms with Gasteiger partial charge in [-0.2, -0.15) is 5.10 Å². The molecule has 3 unspecified atom stereocenters. The number of piperidine rings is 1. The van der Waals surface area contributed by atoms with Crippen molar-refractivity contribution in [1.82, 2.24) is 15.1 Å². The van der Waals surface area contributed by atoms with Crippen molar-refractivity contribution in [3.8, 4) is 0 Å². The smallest absolute Gasteiger partial charge is 0.0522 e. The minimum absolute atomic E-state index is 0.365. The van der Waals surface area contributed by atoms with Gasteiger partial charge in [-0.3, -0.25) is 10.00 Å². The minimum atomic E-state index is 0.365. The standard InChI is InChI=1S/C13H22N4/c1-2-4-17-5-3-11(14)10-7-12-9(6-13(10)17)8-15-16-12/h8,10-11,13H,2-7,14H2,1H3,(H,15,16). The molecular weight excluding hydrogens is 212 g/mol. The van der Waals surface area contributed by atoms with Crippen LogP contribution in [0.15, 0.2) is 6.20 Å². The lowest BCUT2D eigenvalue weighted by molar-refractivity contribution is 0.0699. The van der Waals surface area contributed by atoms with Crippen LogP contribution in [0.4, 0.5) is 0 Å². The van der Waals surface area contributed by atoms with Gasteiger partial charge in [0.15, 0.2) is 0 Å². The molecule has 1 aromatic heterocycles. The zero-order chi connectivity index (χ0) is 11.8. The first-order chi connectivity index (χ1) is 8.29. The zero-order valence-corrected chi connectivity index (χ0v) is 10.5. The van der Waals surface area contributed by atoms with Crippen LogP contribution in [0.2, 0.25) is 0 Å². The fourth-order valence-electron chi connectivity index (χ4n) is 3.54. The third-order valence-corrected chi connectivity index (χ3v) is 4.45. The SMILES string of the molecule is CCCN1CCC(N)C2Cc3[nH]ncc3CC21. The Morgan fingerprint density at radius 3 is 3.24 bits per heavy atom. The lowest BCUT2D eigenvalue weighted by Crippen LogP contribution is -2.57. The number of likely N-dealkylation sites (tertiary alicyclic amines) is 1. The second kappa shape index (κ2) is 4.42. The lowest BCUT2D eigenvalue weighted by atomic mass is 9.75. The molecule has 0 saturated carbocycles. The van der Waals surface area contributed by atoms with Gasteiger partial charge in [0.1, 0.15) is 0 Å². The van der Waals surface area contributed by atoms with E-state index >= 15 is 0 Å². The van der Waals surface area contributed by atoms with E-state index in [-0.39, 0.29) is 0 Å². The molecule has 2 heterocycles. The predicted molar refractivity (Wildman–Crippen MR) is 67.7 cm³/mol. The van der Waals surface area contributed by atoms with E-state index in [4.69, 9.17) is 5.73 Å². The Morgan fingerprint density at radius 1 is 1.53 bits per heavy atom. The highest BCUT2D eigenvalue weighted by molar-refractivity contribution is 5.24. The third kappa shape index (κ3) is 1.89. The average Bonchev–Trinajstić information content (AvgIpc) is 2.78. The number of nitrogens with zero attached hydrogens (tertiary/aromatic N) is 2. The summed E-state index contributed by atoms with van der Waals surface area (Å²) in [5.74, 6) is 0.614. The van der Waals surface area contributed by atoms with Crippen molar-refractivity contribution < 1.29 is 0 Å². The number of nitrogens with one attached hydrogen (secondary N) is 1. The molecule has 0 spiro atoms. The van der Waals surface area contributed by atoms with Crippen molar-refractivity contribution in [2.24, 2.45) is 11.7 Å². The Balaban J connectivity index is 1.85. The molecule has 1 aromatic rings. The number of hydrogen-bond acceptors (Lipinski definition) is 3. The summed E-state index contributed by atoms with van der Waals surface area (Å²) in [6, 6.07) is 1.01. The normalized spacial score (nSPS) is 33.2. The average molecular weight is 234 g/mol. The van der Waals surface area contributed by atoms with Crippen molar-refractivity contribution in [3.63, 3.8) is 0 Å². The fraction of sp³-hybridized carbons (Fsp3) is 0.769. The molecule has 1 fully saturated rings. The highest BCUT2D eigenvalue weighted by atomic mass is 15.2. The van der Waals surface area contributed by atoms with Gasteiger partial charge in [0.05, 0.1) is 6.20 Å². The predicted octanol–water partition coefficient (Wildman–Crippen LogP) is 0.936. The zero-order valence-electron chi connectivity index (χ0n) is 10.5. The molecule has 4 nitrogen and oxygen atoms in total. The Bertz CT molecular complexity index is 387. The molecule has 1 aliphatic carbocycles. The summed E-state index contributed by atoms with van der Waals surface area (Å²) in [5, 5.41) is 7.31. The van der Waals surface area contributed by atoms with E-state index in [9.17, 15) is 0 Å². The molecule has 1 saturated heterocycles. The van der Waals surface area contributed by atoms with Gasteiger partial charge in [-0.15, -0.1) is 0 Å². The molecule has 17 heavy (non-hydrogen) atoms. The van der Waals surface area contributed by atoms with E-state index in [1.807, 2.05) is 6.20 Å². The number of aromatic nitrogens is 2. The van der Waals surface area contributed by atoms with Crippen LogP contribution in [-0.2, 0) is 12.8 Å². The lowest BCUT2D eigenvalue weighted by Gasteiger charge is -2.46. The summed E-state index contributed by atoms with van der Waals surface area (Å²) < 4.78 is 0. The summed E-state index contributed by atoms with van der Waals surface area (Å²) >= 11 is 0. The molecule has 3 rings (SSSR count). The molecule has 1 aliphatic heterocycles. The quantitative estimate of drug-likeness (QED) is 0.800. The van der Waals surface area contributed by atoms with Crippen LogP contribution in [0.1, 0.15) is 31.0 Å². The molecule has 94 valence electrons. The molecule has 4 heteroatoms. The van der Waals surface area contributed by atoms with Crippen molar-refractivity contribution >= 4 is 0 Å². The summed E-state index contributed by atoms with van der Waals surface area (Å²) in [7, 11) is 0. The van der Waals surface area contributed by atoms with Gasteiger partial charge < -0.3 is 5.73 Å². The molecule has 0 bridgehead atoms. The van der Waals surface area contributed by atoms with Crippen molar-refractivity contribution in [3.05, 3.63) is 17.5 Å². The highest BCUT2D eigenvalue weighted by Crippen LogP contribution is 2.33. The maximum atomic E-state index is 6.31. The van der Waals surface area contributed by atoms with Gasteiger partial charge >= 0.3 is 0 Å². The number of hydrogen-bond donors (Lipinski definition) is 2. The Hall–Kier alpha value is -0.870. The van der Waals surface area contributed by atoms with E-state index in [1.165, 1.54) is 30.8 Å². The number of nitrogens with two attached hydrogens (primary N) is 1. The van der Waals surface area contributed by atoms with Gasteiger partial charge in [-0.1, -0.05) is 6.92 Å². The van der Waals surface area contributed by atoms with E-state index in [2.05, 4.69) is 22.0 Å². The first-order valence-corrected chi connectivity index (χ1v) is 6.80. The maximum absolute atomic E-state index is 6.31. The molecule has 3 atom stereocenters. The summed E-state index contributed by atoms with van der Waals surface area (Å²) in [6.07, 6.45) is 6.59. The first kappa shape index (κ1) is 11.2. The maximum Gasteiger partial charge on any atom is 0.0522 e. The van der Waals surface area contributed by atoms with Crippen LogP contribution in [-0.4, -0.2) is 40.3 Å². The van der Waals surface area contributed by atoms with Crippen LogP contribution >= 0.6 is 0 Å². The Labute approximate surface area is 103 Å². The first-order valence-electron chi connectivity index (χ1n) is 6.80. The fourth-order valence-corrected chi connectivity index (χ4v) is 3.54. The molecule has 2 aliphatic rings. The van der Waals surface area contributed by atoms with Crippen LogP contribution in [0.5, 0.6) is 0 Å². The van der Waals surface area contributed by atoms with Crippen LogP contribution in [0, 0.1) is 5.92 Å². The van der Waals surface area contributed by atoms with E-state index in [1.54, 1.807) is 0 Å². The third-order valence-electron chi connectivity index (χ3n) is 4.45. The summed E-state index contributed by atoms with van der Waals surface area (Å²) in [4.78, 5) is 2.64. The second-order valence-corrected chi connectivity index (χ2v) is 5.50. The minimum Gasteiger partial charge on any atom is -0.327 e.